The summed E-state index contributed by atoms with van der Waals surface area (Å²) in [6, 6.07) is 3.49. The number of sulfonamides is 1. The molecule has 0 radical (unpaired) electrons. The number of hydrogen-bond donors (Lipinski definition) is 2. The van der Waals surface area contributed by atoms with Gasteiger partial charge >= 0.3 is 0 Å². The van der Waals surface area contributed by atoms with Gasteiger partial charge in [0.2, 0.25) is 10.0 Å². The highest BCUT2D eigenvalue weighted by Gasteiger charge is 2.21. The molecule has 1 aromatic carbocycles. The number of nitro benzene ring substituents is 1. The lowest BCUT2D eigenvalue weighted by atomic mass is 10.1. The molecule has 3 N–H and O–H groups in total. The first-order valence-corrected chi connectivity index (χ1v) is 7.53. The normalized spacial score (nSPS) is 11.8. The van der Waals surface area contributed by atoms with Crippen molar-refractivity contribution >= 4 is 44.0 Å². The average Bonchev–Trinajstić information content (AvgIpc) is 2.25. The summed E-state index contributed by atoms with van der Waals surface area (Å²) in [5.41, 5.74) is 4.80. The van der Waals surface area contributed by atoms with E-state index < -0.39 is 20.5 Å². The Balaban J connectivity index is 0.00000361. The lowest BCUT2D eigenvalue weighted by Gasteiger charge is -2.18. The van der Waals surface area contributed by atoms with Gasteiger partial charge in [-0.3, -0.25) is 10.1 Å². The first-order chi connectivity index (χ1) is 8.53. The molecule has 1 aromatic rings. The summed E-state index contributed by atoms with van der Waals surface area (Å²) in [5.74, 6) is 0. The molecule has 0 spiro atoms. The number of nitrogens with one attached hydrogen (secondary N) is 1. The van der Waals surface area contributed by atoms with Crippen molar-refractivity contribution in [3.8, 4) is 0 Å². The predicted molar refractivity (Wildman–Crippen MR) is 81.5 cm³/mol. The van der Waals surface area contributed by atoms with Gasteiger partial charge in [0.25, 0.3) is 5.69 Å². The van der Waals surface area contributed by atoms with E-state index in [4.69, 9.17) is 5.73 Å². The molecule has 0 bridgehead atoms. The Morgan fingerprint density at radius 2 is 2.00 bits per heavy atom. The molecule has 0 aliphatic heterocycles. The second-order valence-electron chi connectivity index (χ2n) is 4.68. The fourth-order valence-electron chi connectivity index (χ4n) is 1.17. The first-order valence-electron chi connectivity index (χ1n) is 5.25. The second-order valence-corrected chi connectivity index (χ2v) is 7.30. The van der Waals surface area contributed by atoms with Crippen LogP contribution < -0.4 is 10.5 Å². The SMILES string of the molecule is CC(C)(N)CNS(=O)(=O)c1ccc([N+](=O)[O-])c(Br)c1.Cl. The zero-order chi connectivity index (χ0) is 14.8. The van der Waals surface area contributed by atoms with Crippen LogP contribution in [0.4, 0.5) is 5.69 Å². The van der Waals surface area contributed by atoms with E-state index in [9.17, 15) is 18.5 Å². The molecule has 20 heavy (non-hydrogen) atoms. The number of nitro groups is 1. The molecule has 0 amide bonds. The molecule has 114 valence electrons. The number of nitrogens with two attached hydrogens (primary N) is 1. The Kier molecular flexibility index (Phi) is 6.56. The maximum atomic E-state index is 12.0. The summed E-state index contributed by atoms with van der Waals surface area (Å²) in [6.07, 6.45) is 0. The summed E-state index contributed by atoms with van der Waals surface area (Å²) >= 11 is 2.97. The van der Waals surface area contributed by atoms with Crippen LogP contribution in [0.5, 0.6) is 0 Å². The lowest BCUT2D eigenvalue weighted by molar-refractivity contribution is -0.385. The Hall–Kier alpha value is -0.740. The molecule has 0 aliphatic carbocycles. The summed E-state index contributed by atoms with van der Waals surface area (Å²) < 4.78 is 26.4. The first kappa shape index (κ1) is 19.3. The number of benzene rings is 1. The Morgan fingerprint density at radius 3 is 2.40 bits per heavy atom. The molecule has 0 saturated heterocycles. The van der Waals surface area contributed by atoms with E-state index in [1.165, 1.54) is 12.1 Å². The third kappa shape index (κ3) is 5.33. The van der Waals surface area contributed by atoms with Gasteiger partial charge in [-0.1, -0.05) is 0 Å². The van der Waals surface area contributed by atoms with Gasteiger partial charge in [-0.05, 0) is 41.9 Å². The maximum Gasteiger partial charge on any atom is 0.283 e. The van der Waals surface area contributed by atoms with Gasteiger partial charge in [-0.2, -0.15) is 0 Å². The smallest absolute Gasteiger partial charge is 0.283 e. The Morgan fingerprint density at radius 1 is 1.45 bits per heavy atom. The number of rotatable bonds is 5. The quantitative estimate of drug-likeness (QED) is 0.589. The largest absolute Gasteiger partial charge is 0.324 e. The fraction of sp³-hybridized carbons (Fsp3) is 0.400. The van der Waals surface area contributed by atoms with E-state index in [0.29, 0.717) is 0 Å². The van der Waals surface area contributed by atoms with Crippen molar-refractivity contribution in [2.45, 2.75) is 24.3 Å². The zero-order valence-corrected chi connectivity index (χ0v) is 14.0. The summed E-state index contributed by atoms with van der Waals surface area (Å²) in [5, 5.41) is 10.6. The molecule has 0 fully saturated rings. The van der Waals surface area contributed by atoms with Crippen LogP contribution in [0.3, 0.4) is 0 Å². The van der Waals surface area contributed by atoms with Crippen LogP contribution in [0.2, 0.25) is 0 Å². The summed E-state index contributed by atoms with van der Waals surface area (Å²) in [7, 11) is -3.74. The van der Waals surface area contributed by atoms with Crippen molar-refractivity contribution in [2.24, 2.45) is 5.73 Å². The molecule has 7 nitrogen and oxygen atoms in total. The summed E-state index contributed by atoms with van der Waals surface area (Å²) in [6.45, 7) is 3.42. The van der Waals surface area contributed by atoms with E-state index in [1.54, 1.807) is 13.8 Å². The Labute approximate surface area is 131 Å². The molecule has 0 heterocycles. The minimum Gasteiger partial charge on any atom is -0.324 e. The second kappa shape index (κ2) is 6.81. The van der Waals surface area contributed by atoms with Crippen molar-refractivity contribution < 1.29 is 13.3 Å². The van der Waals surface area contributed by atoms with E-state index in [1.807, 2.05) is 0 Å². The molecule has 0 aromatic heterocycles. The molecule has 0 atom stereocenters. The minimum atomic E-state index is -3.74. The van der Waals surface area contributed by atoms with Gasteiger partial charge < -0.3 is 5.73 Å². The van der Waals surface area contributed by atoms with Gasteiger partial charge in [0, 0.05) is 18.2 Å². The Bertz CT molecular complexity index is 601. The third-order valence-corrected chi connectivity index (χ3v) is 4.18. The molecule has 0 aliphatic rings. The monoisotopic (exact) mass is 387 g/mol. The van der Waals surface area contributed by atoms with Crippen molar-refractivity contribution in [2.75, 3.05) is 6.54 Å². The standard InChI is InChI=1S/C10H14BrN3O4S.ClH/c1-10(2,12)6-13-19(17,18)7-3-4-9(14(15)16)8(11)5-7;/h3-5,13H,6,12H2,1-2H3;1H. The number of nitrogens with zero attached hydrogens (tertiary/aromatic N) is 1. The number of hydrogen-bond acceptors (Lipinski definition) is 5. The van der Waals surface area contributed by atoms with Crippen LogP contribution in [0.25, 0.3) is 0 Å². The van der Waals surface area contributed by atoms with Gasteiger partial charge in [0.05, 0.1) is 14.3 Å². The van der Waals surface area contributed by atoms with Crippen LogP contribution in [0, 0.1) is 10.1 Å². The highest BCUT2D eigenvalue weighted by atomic mass is 79.9. The van der Waals surface area contributed by atoms with Crippen LogP contribution in [-0.2, 0) is 10.0 Å². The van der Waals surface area contributed by atoms with E-state index in [2.05, 4.69) is 20.7 Å². The van der Waals surface area contributed by atoms with Gasteiger partial charge in [0.15, 0.2) is 0 Å². The zero-order valence-electron chi connectivity index (χ0n) is 10.8. The highest BCUT2D eigenvalue weighted by Crippen LogP contribution is 2.27. The molecule has 0 unspecified atom stereocenters. The van der Waals surface area contributed by atoms with Crippen molar-refractivity contribution in [1.82, 2.24) is 4.72 Å². The molecule has 10 heteroatoms. The lowest BCUT2D eigenvalue weighted by Crippen LogP contribution is -2.45. The van der Waals surface area contributed by atoms with Crippen LogP contribution >= 0.6 is 28.3 Å². The van der Waals surface area contributed by atoms with Crippen molar-refractivity contribution in [3.05, 3.63) is 32.8 Å². The highest BCUT2D eigenvalue weighted by molar-refractivity contribution is 9.10. The van der Waals surface area contributed by atoms with Crippen molar-refractivity contribution in [1.29, 1.82) is 0 Å². The topological polar surface area (TPSA) is 115 Å². The van der Waals surface area contributed by atoms with Crippen molar-refractivity contribution in [3.63, 3.8) is 0 Å². The third-order valence-electron chi connectivity index (χ3n) is 2.14. The van der Waals surface area contributed by atoms with Gasteiger partial charge in [0.1, 0.15) is 0 Å². The predicted octanol–water partition coefficient (Wildman–Crippen LogP) is 1.79. The maximum absolute atomic E-state index is 12.0. The van der Waals surface area contributed by atoms with Gasteiger partial charge in [-0.15, -0.1) is 12.4 Å². The molecule has 0 saturated carbocycles. The van der Waals surface area contributed by atoms with E-state index in [-0.39, 0.29) is 34.0 Å². The van der Waals surface area contributed by atoms with E-state index >= 15 is 0 Å². The minimum absolute atomic E-state index is 0. The molecular formula is C10H15BrClN3O4S. The van der Waals surface area contributed by atoms with E-state index in [0.717, 1.165) is 6.07 Å². The fourth-order valence-corrected chi connectivity index (χ4v) is 3.09. The number of halogens is 2. The molecule has 1 rings (SSSR count). The average molecular weight is 389 g/mol. The van der Waals surface area contributed by atoms with Crippen LogP contribution in [-0.4, -0.2) is 25.4 Å². The molecular weight excluding hydrogens is 374 g/mol. The summed E-state index contributed by atoms with van der Waals surface area (Å²) in [4.78, 5) is 9.97. The van der Waals surface area contributed by atoms with Crippen LogP contribution in [0.15, 0.2) is 27.6 Å². The van der Waals surface area contributed by atoms with Gasteiger partial charge in [-0.25, -0.2) is 13.1 Å². The van der Waals surface area contributed by atoms with Crippen LogP contribution in [0.1, 0.15) is 13.8 Å².